The largest absolute Gasteiger partial charge is 0.497 e. The van der Waals surface area contributed by atoms with Crippen LogP contribution in [0, 0.1) is 6.92 Å². The number of carbonyl (C=O) groups is 2. The minimum Gasteiger partial charge on any atom is -0.497 e. The molecule has 0 spiro atoms. The number of hydrogen-bond donors (Lipinski definition) is 1. The van der Waals surface area contributed by atoms with Crippen LogP contribution in [-0.4, -0.2) is 61.3 Å². The summed E-state index contributed by atoms with van der Waals surface area (Å²) < 4.78 is 12.3. The topological polar surface area (TPSA) is 85.7 Å². The summed E-state index contributed by atoms with van der Waals surface area (Å²) in [6, 6.07) is 15.9. The molecule has 3 aromatic rings. The Bertz CT molecular complexity index is 1310. The molecule has 0 saturated heterocycles. The summed E-state index contributed by atoms with van der Waals surface area (Å²) >= 11 is 1.59. The van der Waals surface area contributed by atoms with Crippen LogP contribution >= 0.6 is 11.8 Å². The van der Waals surface area contributed by atoms with Crippen LogP contribution < -0.4 is 15.0 Å². The fourth-order valence-corrected chi connectivity index (χ4v) is 6.04. The number of nitrogens with zero attached hydrogens (tertiary/aromatic N) is 3. The second-order valence-corrected chi connectivity index (χ2v) is 11.8. The van der Waals surface area contributed by atoms with Crippen molar-refractivity contribution in [3.63, 3.8) is 0 Å². The van der Waals surface area contributed by atoms with E-state index in [4.69, 9.17) is 14.6 Å². The summed E-state index contributed by atoms with van der Waals surface area (Å²) in [7, 11) is 3.26. The molecule has 4 rings (SSSR count). The quantitative estimate of drug-likeness (QED) is 0.385. The van der Waals surface area contributed by atoms with Crippen LogP contribution in [-0.2, 0) is 19.7 Å². The number of anilines is 1. The van der Waals surface area contributed by atoms with Gasteiger partial charge in [-0.3, -0.25) is 14.5 Å². The zero-order chi connectivity index (χ0) is 28.2. The Hall–Kier alpha value is -3.30. The first-order valence-corrected chi connectivity index (χ1v) is 14.2. The van der Waals surface area contributed by atoms with Crippen molar-refractivity contribution in [1.82, 2.24) is 15.1 Å². The van der Waals surface area contributed by atoms with Gasteiger partial charge < -0.3 is 14.8 Å². The average molecular weight is 551 g/mol. The molecule has 9 heteroatoms. The maximum atomic E-state index is 13.7. The number of hydrogen-bond acceptors (Lipinski definition) is 6. The molecule has 1 N–H and O–H groups in total. The van der Waals surface area contributed by atoms with E-state index in [-0.39, 0.29) is 34.8 Å². The molecule has 0 bridgehead atoms. The van der Waals surface area contributed by atoms with E-state index in [0.29, 0.717) is 25.4 Å². The molecule has 0 saturated carbocycles. The lowest BCUT2D eigenvalue weighted by Gasteiger charge is -2.25. The van der Waals surface area contributed by atoms with Crippen molar-refractivity contribution < 1.29 is 19.1 Å². The predicted molar refractivity (Wildman–Crippen MR) is 156 cm³/mol. The van der Waals surface area contributed by atoms with Gasteiger partial charge in [-0.05, 0) is 48.7 Å². The number of aryl methyl sites for hydroxylation is 1. The summed E-state index contributed by atoms with van der Waals surface area (Å²) in [5.74, 6) is 1.27. The third kappa shape index (κ3) is 6.31. The number of fused-ring (bicyclic) bond motifs is 1. The van der Waals surface area contributed by atoms with Gasteiger partial charge in [0.2, 0.25) is 11.8 Å². The van der Waals surface area contributed by atoms with E-state index in [1.165, 1.54) is 0 Å². The number of methoxy groups -OCH3 is 2. The molecule has 1 unspecified atom stereocenters. The smallest absolute Gasteiger partial charge is 0.240 e. The zero-order valence-corrected chi connectivity index (χ0v) is 24.4. The van der Waals surface area contributed by atoms with Gasteiger partial charge in [-0.2, -0.15) is 5.10 Å². The third-order valence-electron chi connectivity index (χ3n) is 6.74. The first-order valence-electron chi connectivity index (χ1n) is 13.2. The fraction of sp³-hybridized carbons (Fsp3) is 0.433. The molecule has 39 heavy (non-hydrogen) atoms. The molecule has 0 aliphatic carbocycles. The Morgan fingerprint density at radius 1 is 1.13 bits per heavy atom. The molecule has 1 aliphatic rings. The van der Waals surface area contributed by atoms with Crippen LogP contribution in [0.1, 0.15) is 54.8 Å². The Morgan fingerprint density at radius 3 is 2.49 bits per heavy atom. The molecular formula is C30H38N4O4S. The lowest BCUT2D eigenvalue weighted by molar-refractivity contribution is -0.122. The average Bonchev–Trinajstić information content (AvgIpc) is 3.25. The molecule has 1 aromatic heterocycles. The van der Waals surface area contributed by atoms with Crippen molar-refractivity contribution in [3.05, 3.63) is 70.9 Å². The first kappa shape index (κ1) is 28.7. The maximum absolute atomic E-state index is 13.7. The number of nitrogens with one attached hydrogen (secondary N) is 1. The highest BCUT2D eigenvalue weighted by atomic mass is 32.2. The summed E-state index contributed by atoms with van der Waals surface area (Å²) in [5.41, 5.74) is 4.63. The first-order chi connectivity index (χ1) is 18.7. The van der Waals surface area contributed by atoms with Gasteiger partial charge in [0.15, 0.2) is 0 Å². The van der Waals surface area contributed by atoms with E-state index in [9.17, 15) is 9.59 Å². The number of aromatic nitrogens is 2. The van der Waals surface area contributed by atoms with E-state index in [0.717, 1.165) is 33.8 Å². The molecular weight excluding hydrogens is 512 g/mol. The van der Waals surface area contributed by atoms with Gasteiger partial charge in [-0.15, -0.1) is 11.8 Å². The van der Waals surface area contributed by atoms with Gasteiger partial charge in [-0.25, -0.2) is 4.68 Å². The molecule has 2 heterocycles. The Kier molecular flexibility index (Phi) is 9.02. The zero-order valence-electron chi connectivity index (χ0n) is 23.6. The van der Waals surface area contributed by atoms with Crippen molar-refractivity contribution in [2.24, 2.45) is 0 Å². The van der Waals surface area contributed by atoms with Crippen molar-refractivity contribution in [2.45, 2.75) is 44.8 Å². The number of thioether (sulfide) groups is 1. The molecule has 2 amide bonds. The van der Waals surface area contributed by atoms with Crippen LogP contribution in [0.2, 0.25) is 0 Å². The molecule has 1 aliphatic heterocycles. The van der Waals surface area contributed by atoms with Crippen LogP contribution in [0.15, 0.2) is 48.5 Å². The minimum absolute atomic E-state index is 0.0920. The van der Waals surface area contributed by atoms with Crippen molar-refractivity contribution in [1.29, 1.82) is 0 Å². The molecule has 208 valence electrons. The normalized spacial score (nSPS) is 15.6. The second kappa shape index (κ2) is 12.3. The molecule has 8 nitrogen and oxygen atoms in total. The number of ether oxygens (including phenoxy) is 2. The second-order valence-electron chi connectivity index (χ2n) is 10.7. The van der Waals surface area contributed by atoms with E-state index in [1.807, 2.05) is 41.1 Å². The van der Waals surface area contributed by atoms with Crippen LogP contribution in [0.4, 0.5) is 5.82 Å². The van der Waals surface area contributed by atoms with Crippen molar-refractivity contribution in [2.75, 3.05) is 44.6 Å². The van der Waals surface area contributed by atoms with Crippen LogP contribution in [0.5, 0.6) is 5.75 Å². The highest BCUT2D eigenvalue weighted by Gasteiger charge is 2.40. The Balaban J connectivity index is 1.91. The highest BCUT2D eigenvalue weighted by molar-refractivity contribution is 8.00. The summed E-state index contributed by atoms with van der Waals surface area (Å²) in [6.07, 6.45) is 0.699. The third-order valence-corrected chi connectivity index (χ3v) is 7.97. The SMILES string of the molecule is COCCCNC(=O)CN1C(=O)CSC(c2ccccc2C)c2c(C(C)(C)C)nn(-c3ccc(OC)cc3)c21. The fourth-order valence-electron chi connectivity index (χ4n) is 4.75. The Morgan fingerprint density at radius 2 is 1.85 bits per heavy atom. The lowest BCUT2D eigenvalue weighted by atomic mass is 9.86. The predicted octanol–water partition coefficient (Wildman–Crippen LogP) is 4.81. The van der Waals surface area contributed by atoms with E-state index < -0.39 is 0 Å². The van der Waals surface area contributed by atoms with Crippen LogP contribution in [0.3, 0.4) is 0 Å². The Labute approximate surface area is 235 Å². The van der Waals surface area contributed by atoms with E-state index in [1.54, 1.807) is 30.9 Å². The van der Waals surface area contributed by atoms with Gasteiger partial charge in [-0.1, -0.05) is 45.0 Å². The number of amides is 2. The lowest BCUT2D eigenvalue weighted by Crippen LogP contribution is -2.42. The monoisotopic (exact) mass is 550 g/mol. The van der Waals surface area contributed by atoms with Crippen molar-refractivity contribution >= 4 is 29.4 Å². The maximum Gasteiger partial charge on any atom is 0.240 e. The molecule has 0 fully saturated rings. The molecule has 2 aromatic carbocycles. The van der Waals surface area contributed by atoms with Crippen molar-refractivity contribution in [3.8, 4) is 11.4 Å². The summed E-state index contributed by atoms with van der Waals surface area (Å²) in [6.45, 7) is 9.44. The summed E-state index contributed by atoms with van der Waals surface area (Å²) in [5, 5.41) is 7.94. The molecule has 1 atom stereocenters. The number of carbonyl (C=O) groups excluding carboxylic acids is 2. The molecule has 0 radical (unpaired) electrons. The minimum atomic E-state index is -0.315. The van der Waals surface area contributed by atoms with Gasteiger partial charge >= 0.3 is 0 Å². The van der Waals surface area contributed by atoms with Gasteiger partial charge in [0, 0.05) is 31.2 Å². The number of rotatable bonds is 9. The van der Waals surface area contributed by atoms with E-state index >= 15 is 0 Å². The standard InChI is InChI=1S/C30H38N4O4S/c1-20-10-7-8-11-23(20)27-26-28(30(2,3)4)32-34(21-12-14-22(38-6)15-13-21)29(26)33(25(36)19-39-27)18-24(35)31-16-9-17-37-5/h7-8,10-15,27H,9,16-19H2,1-6H3,(H,31,35). The van der Waals surface area contributed by atoms with Gasteiger partial charge in [0.1, 0.15) is 18.1 Å². The van der Waals surface area contributed by atoms with Crippen LogP contribution in [0.25, 0.3) is 5.69 Å². The van der Waals surface area contributed by atoms with Gasteiger partial charge in [0.25, 0.3) is 0 Å². The van der Waals surface area contributed by atoms with E-state index in [2.05, 4.69) is 45.1 Å². The number of benzene rings is 2. The summed E-state index contributed by atoms with van der Waals surface area (Å²) in [4.78, 5) is 28.4. The highest BCUT2D eigenvalue weighted by Crippen LogP contribution is 2.49. The van der Waals surface area contributed by atoms with Gasteiger partial charge in [0.05, 0.1) is 29.5 Å².